The summed E-state index contributed by atoms with van der Waals surface area (Å²) in [5.41, 5.74) is -1.26. The number of amides is 2. The SMILES string of the molecule is COc1ccc(-n2ncc(C(=O)Nc3ccc(NC(=O)C(C)C)cc3)c2C(F)(F)F)nn1. The van der Waals surface area contributed by atoms with Crippen LogP contribution in [0.15, 0.2) is 42.6 Å². The third kappa shape index (κ3) is 5.02. The molecule has 0 unspecified atom stereocenters. The van der Waals surface area contributed by atoms with Crippen LogP contribution in [0, 0.1) is 5.92 Å². The second-order valence-corrected chi connectivity index (χ2v) is 6.93. The number of carbonyl (C=O) groups excluding carboxylic acids is 2. The van der Waals surface area contributed by atoms with Crippen LogP contribution in [0.5, 0.6) is 5.88 Å². The maximum atomic E-state index is 13.8. The van der Waals surface area contributed by atoms with Crippen molar-refractivity contribution in [2.24, 2.45) is 5.92 Å². The van der Waals surface area contributed by atoms with Crippen molar-refractivity contribution < 1.29 is 27.5 Å². The number of anilines is 2. The highest BCUT2D eigenvalue weighted by atomic mass is 19.4. The third-order valence-electron chi connectivity index (χ3n) is 4.27. The van der Waals surface area contributed by atoms with E-state index in [9.17, 15) is 22.8 Å². The number of ether oxygens (including phenoxy) is 1. The number of rotatable bonds is 6. The number of methoxy groups -OCH3 is 1. The van der Waals surface area contributed by atoms with Crippen molar-refractivity contribution in [2.45, 2.75) is 20.0 Å². The van der Waals surface area contributed by atoms with Crippen LogP contribution in [-0.2, 0) is 11.0 Å². The Morgan fingerprint density at radius 1 is 1.00 bits per heavy atom. The Kier molecular flexibility index (Phi) is 6.42. The van der Waals surface area contributed by atoms with Gasteiger partial charge < -0.3 is 15.4 Å². The molecule has 0 spiro atoms. The standard InChI is InChI=1S/C20H19F3N6O3/c1-11(2)18(30)25-12-4-6-13(7-5-12)26-19(31)14-10-24-29(17(14)20(21,22)23)15-8-9-16(32-3)28-27-15/h4-11H,1-3H3,(H,25,30)(H,26,31). The highest BCUT2D eigenvalue weighted by Gasteiger charge is 2.41. The predicted octanol–water partition coefficient (Wildman–Crippen LogP) is 3.54. The zero-order valence-corrected chi connectivity index (χ0v) is 17.3. The van der Waals surface area contributed by atoms with E-state index in [0.717, 1.165) is 6.20 Å². The minimum absolute atomic E-state index is 0.112. The van der Waals surface area contributed by atoms with Gasteiger partial charge in [-0.15, -0.1) is 10.2 Å². The molecule has 32 heavy (non-hydrogen) atoms. The quantitative estimate of drug-likeness (QED) is 0.597. The summed E-state index contributed by atoms with van der Waals surface area (Å²) in [6, 6.07) is 8.53. The Morgan fingerprint density at radius 3 is 2.12 bits per heavy atom. The van der Waals surface area contributed by atoms with Crippen LogP contribution in [-0.4, -0.2) is 38.9 Å². The largest absolute Gasteiger partial charge is 0.480 e. The molecule has 2 aromatic heterocycles. The molecular weight excluding hydrogens is 429 g/mol. The summed E-state index contributed by atoms with van der Waals surface area (Å²) in [7, 11) is 1.34. The van der Waals surface area contributed by atoms with Gasteiger partial charge in [0.25, 0.3) is 5.91 Å². The minimum Gasteiger partial charge on any atom is -0.480 e. The molecule has 0 atom stereocenters. The summed E-state index contributed by atoms with van der Waals surface area (Å²) >= 11 is 0. The average molecular weight is 448 g/mol. The Hall–Kier alpha value is -3.96. The first-order valence-electron chi connectivity index (χ1n) is 9.35. The minimum atomic E-state index is -4.89. The maximum Gasteiger partial charge on any atom is 0.434 e. The van der Waals surface area contributed by atoms with Crippen LogP contribution in [0.2, 0.25) is 0 Å². The molecule has 2 amide bonds. The van der Waals surface area contributed by atoms with Gasteiger partial charge in [-0.2, -0.15) is 18.3 Å². The van der Waals surface area contributed by atoms with Crippen molar-refractivity contribution in [3.05, 3.63) is 53.9 Å². The second kappa shape index (κ2) is 9.04. The smallest absolute Gasteiger partial charge is 0.434 e. The lowest BCUT2D eigenvalue weighted by Crippen LogP contribution is -2.21. The molecule has 0 radical (unpaired) electrons. The molecule has 0 bridgehead atoms. The number of halogens is 3. The number of nitrogens with zero attached hydrogens (tertiary/aromatic N) is 4. The Balaban J connectivity index is 1.85. The molecule has 3 rings (SSSR count). The number of aromatic nitrogens is 4. The van der Waals surface area contributed by atoms with Gasteiger partial charge in [0.15, 0.2) is 11.5 Å². The van der Waals surface area contributed by atoms with E-state index in [4.69, 9.17) is 4.74 Å². The summed E-state index contributed by atoms with van der Waals surface area (Å²) in [4.78, 5) is 24.3. The van der Waals surface area contributed by atoms with Crippen molar-refractivity contribution in [1.29, 1.82) is 0 Å². The molecule has 168 valence electrons. The second-order valence-electron chi connectivity index (χ2n) is 6.93. The van der Waals surface area contributed by atoms with Gasteiger partial charge in [0.05, 0.1) is 18.9 Å². The van der Waals surface area contributed by atoms with E-state index in [1.807, 2.05) is 0 Å². The highest BCUT2D eigenvalue weighted by Crippen LogP contribution is 2.33. The molecule has 12 heteroatoms. The van der Waals surface area contributed by atoms with E-state index < -0.39 is 23.3 Å². The maximum absolute atomic E-state index is 13.8. The summed E-state index contributed by atoms with van der Waals surface area (Å²) in [5.74, 6) is -1.54. The highest BCUT2D eigenvalue weighted by molar-refractivity contribution is 6.05. The molecule has 0 aliphatic rings. The van der Waals surface area contributed by atoms with Crippen molar-refractivity contribution in [3.63, 3.8) is 0 Å². The van der Waals surface area contributed by atoms with E-state index in [-0.39, 0.29) is 29.2 Å². The molecular formula is C20H19F3N6O3. The fraction of sp³-hybridized carbons (Fsp3) is 0.250. The van der Waals surface area contributed by atoms with Crippen LogP contribution in [0.3, 0.4) is 0 Å². The van der Waals surface area contributed by atoms with Crippen LogP contribution in [0.25, 0.3) is 5.82 Å². The van der Waals surface area contributed by atoms with E-state index in [0.29, 0.717) is 10.4 Å². The number of benzene rings is 1. The molecule has 0 fully saturated rings. The van der Waals surface area contributed by atoms with Crippen molar-refractivity contribution in [3.8, 4) is 11.7 Å². The molecule has 0 saturated heterocycles. The fourth-order valence-corrected chi connectivity index (χ4v) is 2.62. The molecule has 0 aliphatic carbocycles. The lowest BCUT2D eigenvalue weighted by molar-refractivity contribution is -0.143. The van der Waals surface area contributed by atoms with Crippen LogP contribution < -0.4 is 15.4 Å². The van der Waals surface area contributed by atoms with Gasteiger partial charge in [-0.1, -0.05) is 13.8 Å². The van der Waals surface area contributed by atoms with Gasteiger partial charge in [-0.25, -0.2) is 4.68 Å². The number of carbonyl (C=O) groups is 2. The molecule has 0 saturated carbocycles. The lowest BCUT2D eigenvalue weighted by Gasteiger charge is -2.12. The monoisotopic (exact) mass is 448 g/mol. The first-order valence-corrected chi connectivity index (χ1v) is 9.35. The molecule has 0 aliphatic heterocycles. The number of alkyl halides is 3. The molecule has 1 aromatic carbocycles. The Morgan fingerprint density at radius 2 is 1.62 bits per heavy atom. The van der Waals surface area contributed by atoms with Gasteiger partial charge in [-0.05, 0) is 30.3 Å². The van der Waals surface area contributed by atoms with Crippen LogP contribution >= 0.6 is 0 Å². The first-order chi connectivity index (χ1) is 15.1. The van der Waals surface area contributed by atoms with Gasteiger partial charge in [0, 0.05) is 23.4 Å². The van der Waals surface area contributed by atoms with Crippen LogP contribution in [0.1, 0.15) is 29.9 Å². The van der Waals surface area contributed by atoms with E-state index >= 15 is 0 Å². The number of nitrogens with one attached hydrogen (secondary N) is 2. The summed E-state index contributed by atoms with van der Waals surface area (Å²) in [6.07, 6.45) is -4.09. The van der Waals surface area contributed by atoms with E-state index in [1.165, 1.54) is 43.5 Å². The summed E-state index contributed by atoms with van der Waals surface area (Å²) in [6.45, 7) is 3.47. The zero-order valence-electron chi connectivity index (χ0n) is 17.3. The van der Waals surface area contributed by atoms with Gasteiger partial charge >= 0.3 is 6.18 Å². The lowest BCUT2D eigenvalue weighted by atomic mass is 10.2. The molecule has 2 N–H and O–H groups in total. The molecule has 3 aromatic rings. The van der Waals surface area contributed by atoms with Gasteiger partial charge in [-0.3, -0.25) is 9.59 Å². The van der Waals surface area contributed by atoms with Crippen molar-refractivity contribution >= 4 is 23.2 Å². The zero-order chi connectivity index (χ0) is 23.5. The summed E-state index contributed by atoms with van der Waals surface area (Å²) < 4.78 is 46.6. The van der Waals surface area contributed by atoms with Gasteiger partial charge in [0.1, 0.15) is 0 Å². The average Bonchev–Trinajstić information content (AvgIpc) is 3.21. The third-order valence-corrected chi connectivity index (χ3v) is 4.27. The first kappa shape index (κ1) is 22.7. The number of hydrogen-bond donors (Lipinski definition) is 2. The molecule has 9 nitrogen and oxygen atoms in total. The number of hydrogen-bond acceptors (Lipinski definition) is 6. The molecule has 2 heterocycles. The normalized spacial score (nSPS) is 11.3. The topological polar surface area (TPSA) is 111 Å². The van der Waals surface area contributed by atoms with Gasteiger partial charge in [0.2, 0.25) is 11.8 Å². The van der Waals surface area contributed by atoms with Crippen molar-refractivity contribution in [1.82, 2.24) is 20.0 Å². The predicted molar refractivity (Wildman–Crippen MR) is 109 cm³/mol. The Bertz CT molecular complexity index is 1110. The fourth-order valence-electron chi connectivity index (χ4n) is 2.62. The van der Waals surface area contributed by atoms with E-state index in [1.54, 1.807) is 13.8 Å². The van der Waals surface area contributed by atoms with Crippen LogP contribution in [0.4, 0.5) is 24.5 Å². The Labute approximate surface area is 180 Å². The van der Waals surface area contributed by atoms with E-state index in [2.05, 4.69) is 25.9 Å². The summed E-state index contributed by atoms with van der Waals surface area (Å²) in [5, 5.41) is 16.0. The van der Waals surface area contributed by atoms with Crippen molar-refractivity contribution in [2.75, 3.05) is 17.7 Å².